The van der Waals surface area contributed by atoms with E-state index in [2.05, 4.69) is 27.5 Å². The molecule has 0 saturated carbocycles. The molecule has 0 radical (unpaired) electrons. The van der Waals surface area contributed by atoms with Crippen LogP contribution in [0.25, 0.3) is 22.7 Å². The van der Waals surface area contributed by atoms with Gasteiger partial charge in [-0.2, -0.15) is 4.98 Å². The molecule has 1 saturated heterocycles. The van der Waals surface area contributed by atoms with Gasteiger partial charge in [-0.15, -0.1) is 0 Å². The highest BCUT2D eigenvalue weighted by atomic mass is 35.5. The fourth-order valence-electron chi connectivity index (χ4n) is 3.03. The molecule has 6 nitrogen and oxygen atoms in total. The third-order valence-electron chi connectivity index (χ3n) is 4.46. The Labute approximate surface area is 160 Å². The molecule has 4 rings (SSSR count). The van der Waals surface area contributed by atoms with Crippen molar-refractivity contribution in [1.29, 1.82) is 0 Å². The van der Waals surface area contributed by atoms with Gasteiger partial charge >= 0.3 is 0 Å². The summed E-state index contributed by atoms with van der Waals surface area (Å²) in [5.74, 6) is 2.32. The lowest BCUT2D eigenvalue weighted by molar-refractivity contribution is 0.333. The molecule has 1 aromatic carbocycles. The van der Waals surface area contributed by atoms with Crippen molar-refractivity contribution in [3.8, 4) is 22.7 Å². The van der Waals surface area contributed by atoms with E-state index in [4.69, 9.17) is 32.2 Å². The summed E-state index contributed by atoms with van der Waals surface area (Å²) in [7, 11) is 0. The van der Waals surface area contributed by atoms with Gasteiger partial charge < -0.3 is 14.4 Å². The highest BCUT2D eigenvalue weighted by Crippen LogP contribution is 2.41. The zero-order valence-corrected chi connectivity index (χ0v) is 15.8. The van der Waals surface area contributed by atoms with Crippen LogP contribution in [-0.4, -0.2) is 28.4 Å². The van der Waals surface area contributed by atoms with Crippen LogP contribution in [-0.2, 0) is 12.8 Å². The van der Waals surface area contributed by atoms with Crippen LogP contribution in [0.3, 0.4) is 0 Å². The number of hydrogen-bond acceptors (Lipinski definition) is 6. The van der Waals surface area contributed by atoms with Gasteiger partial charge in [-0.25, -0.2) is 0 Å². The Morgan fingerprint density at radius 2 is 1.88 bits per heavy atom. The quantitative estimate of drug-likeness (QED) is 0.669. The van der Waals surface area contributed by atoms with Gasteiger partial charge in [0.15, 0.2) is 5.82 Å². The van der Waals surface area contributed by atoms with E-state index < -0.39 is 0 Å². The molecule has 0 bridgehead atoms. The van der Waals surface area contributed by atoms with Gasteiger partial charge in [0.1, 0.15) is 17.0 Å². The largest absolute Gasteiger partial charge is 0.360 e. The van der Waals surface area contributed by atoms with Crippen LogP contribution in [0.5, 0.6) is 0 Å². The SMILES string of the molecule is CCCc1onc(-c2c(Cl)cccc2Cl)c1-c1nc(CC2CNC2)no1. The van der Waals surface area contributed by atoms with Crippen molar-refractivity contribution in [2.45, 2.75) is 26.2 Å². The lowest BCUT2D eigenvalue weighted by Gasteiger charge is -2.25. The van der Waals surface area contributed by atoms with E-state index in [1.807, 2.05) is 0 Å². The second-order valence-corrected chi connectivity index (χ2v) is 7.23. The fraction of sp³-hybridized carbons (Fsp3) is 0.389. The van der Waals surface area contributed by atoms with Gasteiger partial charge in [0.25, 0.3) is 5.89 Å². The van der Waals surface area contributed by atoms with E-state index in [0.717, 1.165) is 25.9 Å². The molecular weight excluding hydrogens is 375 g/mol. The Morgan fingerprint density at radius 3 is 2.54 bits per heavy atom. The molecule has 1 fully saturated rings. The van der Waals surface area contributed by atoms with E-state index >= 15 is 0 Å². The van der Waals surface area contributed by atoms with Gasteiger partial charge in [0, 0.05) is 18.4 Å². The van der Waals surface area contributed by atoms with Crippen molar-refractivity contribution in [2.75, 3.05) is 13.1 Å². The first-order chi connectivity index (χ1) is 12.7. The molecule has 0 aliphatic carbocycles. The average molecular weight is 393 g/mol. The van der Waals surface area contributed by atoms with E-state index in [9.17, 15) is 0 Å². The lowest BCUT2D eigenvalue weighted by Crippen LogP contribution is -2.43. The predicted molar refractivity (Wildman–Crippen MR) is 99.3 cm³/mol. The maximum absolute atomic E-state index is 6.37. The van der Waals surface area contributed by atoms with Crippen molar-refractivity contribution in [3.63, 3.8) is 0 Å². The van der Waals surface area contributed by atoms with Crippen molar-refractivity contribution in [3.05, 3.63) is 39.8 Å². The maximum Gasteiger partial charge on any atom is 0.263 e. The third-order valence-corrected chi connectivity index (χ3v) is 5.09. The number of nitrogens with one attached hydrogen (secondary N) is 1. The summed E-state index contributed by atoms with van der Waals surface area (Å²) in [6.45, 7) is 4.04. The number of hydrogen-bond donors (Lipinski definition) is 1. The Bertz CT molecular complexity index is 898. The summed E-state index contributed by atoms with van der Waals surface area (Å²) < 4.78 is 11.1. The summed E-state index contributed by atoms with van der Waals surface area (Å²) in [5, 5.41) is 12.6. The Hall–Kier alpha value is -1.89. The van der Waals surface area contributed by atoms with E-state index in [0.29, 0.717) is 56.7 Å². The molecule has 0 amide bonds. The fourth-order valence-corrected chi connectivity index (χ4v) is 3.60. The van der Waals surface area contributed by atoms with Gasteiger partial charge in [-0.3, -0.25) is 0 Å². The molecule has 0 unspecified atom stereocenters. The predicted octanol–water partition coefficient (Wildman–Crippen LogP) is 4.41. The van der Waals surface area contributed by atoms with Crippen molar-refractivity contribution >= 4 is 23.2 Å². The Kier molecular flexibility index (Phi) is 4.98. The topological polar surface area (TPSA) is 77.0 Å². The zero-order chi connectivity index (χ0) is 18.1. The molecule has 3 aromatic rings. The van der Waals surface area contributed by atoms with Crippen molar-refractivity contribution in [2.24, 2.45) is 5.92 Å². The number of halogens is 2. The molecule has 1 aliphatic rings. The van der Waals surface area contributed by atoms with Crippen LogP contribution in [0, 0.1) is 5.92 Å². The Balaban J connectivity index is 1.78. The molecular formula is C18H18Cl2N4O2. The molecule has 0 spiro atoms. The van der Waals surface area contributed by atoms with E-state index in [-0.39, 0.29) is 0 Å². The van der Waals surface area contributed by atoms with E-state index in [1.165, 1.54) is 0 Å². The van der Waals surface area contributed by atoms with E-state index in [1.54, 1.807) is 18.2 Å². The molecule has 8 heteroatoms. The zero-order valence-electron chi connectivity index (χ0n) is 14.3. The first kappa shape index (κ1) is 17.5. The standard InChI is InChI=1S/C18H18Cl2N4O2/c1-2-4-13-16(18-22-14(23-26-18)7-10-8-21-9-10)17(24-25-13)15-11(19)5-3-6-12(15)20/h3,5-6,10,21H,2,4,7-9H2,1H3. The van der Waals surface area contributed by atoms with Crippen molar-refractivity contribution < 1.29 is 9.05 Å². The van der Waals surface area contributed by atoms with Crippen LogP contribution >= 0.6 is 23.2 Å². The normalized spacial score (nSPS) is 14.6. The minimum Gasteiger partial charge on any atom is -0.360 e. The van der Waals surface area contributed by atoms with Crippen LogP contribution in [0.4, 0.5) is 0 Å². The number of aromatic nitrogens is 3. The van der Waals surface area contributed by atoms with Crippen LogP contribution < -0.4 is 5.32 Å². The summed E-state index contributed by atoms with van der Waals surface area (Å²) in [6.07, 6.45) is 2.38. The van der Waals surface area contributed by atoms with Gasteiger partial charge in [0.05, 0.1) is 10.0 Å². The second-order valence-electron chi connectivity index (χ2n) is 6.42. The van der Waals surface area contributed by atoms with Gasteiger partial charge in [0.2, 0.25) is 0 Å². The molecule has 1 N–H and O–H groups in total. The smallest absolute Gasteiger partial charge is 0.263 e. The third kappa shape index (κ3) is 3.24. The van der Waals surface area contributed by atoms with Gasteiger partial charge in [-0.05, 0) is 37.6 Å². The lowest BCUT2D eigenvalue weighted by atomic mass is 9.99. The highest BCUT2D eigenvalue weighted by molar-refractivity contribution is 6.39. The number of benzene rings is 1. The highest BCUT2D eigenvalue weighted by Gasteiger charge is 2.27. The summed E-state index contributed by atoms with van der Waals surface area (Å²) in [5.41, 5.74) is 1.82. The summed E-state index contributed by atoms with van der Waals surface area (Å²) in [4.78, 5) is 4.57. The monoisotopic (exact) mass is 392 g/mol. The minimum absolute atomic E-state index is 0.392. The first-order valence-electron chi connectivity index (χ1n) is 8.64. The molecule has 2 aromatic heterocycles. The molecule has 3 heterocycles. The second kappa shape index (κ2) is 7.39. The van der Waals surface area contributed by atoms with Crippen LogP contribution in [0.2, 0.25) is 10.0 Å². The van der Waals surface area contributed by atoms with Crippen LogP contribution in [0.15, 0.2) is 27.2 Å². The first-order valence-corrected chi connectivity index (χ1v) is 9.39. The number of rotatable bonds is 6. The molecule has 136 valence electrons. The summed E-state index contributed by atoms with van der Waals surface area (Å²) in [6, 6.07) is 5.32. The number of nitrogens with zero attached hydrogens (tertiary/aromatic N) is 3. The maximum atomic E-state index is 6.37. The average Bonchev–Trinajstić information content (AvgIpc) is 3.18. The van der Waals surface area contributed by atoms with Crippen LogP contribution in [0.1, 0.15) is 24.9 Å². The molecule has 1 aliphatic heterocycles. The molecule has 0 atom stereocenters. The minimum atomic E-state index is 0.392. The molecule has 26 heavy (non-hydrogen) atoms. The van der Waals surface area contributed by atoms with Gasteiger partial charge in [-0.1, -0.05) is 46.5 Å². The Morgan fingerprint density at radius 1 is 1.12 bits per heavy atom. The number of aryl methyl sites for hydroxylation is 1. The summed E-state index contributed by atoms with van der Waals surface area (Å²) >= 11 is 12.7. The van der Waals surface area contributed by atoms with Crippen molar-refractivity contribution in [1.82, 2.24) is 20.6 Å².